The quantitative estimate of drug-likeness (QED) is 0.495. The van der Waals surface area contributed by atoms with Gasteiger partial charge in [0.05, 0.1) is 41.0 Å². The first-order valence-electron chi connectivity index (χ1n) is 9.62. The molecule has 0 unspecified atom stereocenters. The Morgan fingerprint density at radius 1 is 1.10 bits per heavy atom. The number of imidazole rings is 1. The highest BCUT2D eigenvalue weighted by Gasteiger charge is 2.39. The first-order chi connectivity index (χ1) is 14.4. The van der Waals surface area contributed by atoms with Crippen LogP contribution in [0.25, 0.3) is 33.7 Å². The van der Waals surface area contributed by atoms with E-state index in [9.17, 15) is 14.6 Å². The van der Waals surface area contributed by atoms with E-state index in [2.05, 4.69) is 4.98 Å². The first kappa shape index (κ1) is 18.6. The van der Waals surface area contributed by atoms with Crippen molar-refractivity contribution in [2.24, 2.45) is 0 Å². The number of aromatic hydroxyl groups is 2. The van der Waals surface area contributed by atoms with Crippen molar-refractivity contribution in [1.29, 1.82) is 0 Å². The number of aromatic nitrogens is 3. The highest BCUT2D eigenvalue weighted by Crippen LogP contribution is 2.42. The lowest BCUT2D eigenvalue weighted by atomic mass is 9.98. The van der Waals surface area contributed by atoms with E-state index in [0.717, 1.165) is 16.8 Å². The van der Waals surface area contributed by atoms with Crippen molar-refractivity contribution in [1.82, 2.24) is 14.5 Å². The second kappa shape index (κ2) is 6.53. The maximum atomic E-state index is 15.0. The van der Waals surface area contributed by atoms with Gasteiger partial charge < -0.3 is 19.5 Å². The van der Waals surface area contributed by atoms with Crippen molar-refractivity contribution in [3.05, 3.63) is 60.0 Å². The molecule has 0 amide bonds. The van der Waals surface area contributed by atoms with Crippen molar-refractivity contribution in [2.45, 2.75) is 19.4 Å². The van der Waals surface area contributed by atoms with E-state index in [4.69, 9.17) is 9.72 Å². The van der Waals surface area contributed by atoms with Gasteiger partial charge in [-0.2, -0.15) is 0 Å². The van der Waals surface area contributed by atoms with Crippen LogP contribution in [-0.2, 0) is 10.3 Å². The average molecular weight is 405 g/mol. The topological polar surface area (TPSA) is 80.4 Å². The van der Waals surface area contributed by atoms with Gasteiger partial charge in [0.1, 0.15) is 5.82 Å². The number of phenolic OH excluding ortho intramolecular Hbond substituents is 2. The number of hydrogen-bond donors (Lipinski definition) is 2. The molecule has 4 aromatic rings. The lowest BCUT2D eigenvalue weighted by Crippen LogP contribution is -2.49. The molecule has 2 N–H and O–H groups in total. The molecule has 30 heavy (non-hydrogen) atoms. The molecular weight excluding hydrogens is 385 g/mol. The summed E-state index contributed by atoms with van der Waals surface area (Å²) in [5.41, 5.74) is 3.35. The van der Waals surface area contributed by atoms with Gasteiger partial charge in [0, 0.05) is 11.8 Å². The van der Waals surface area contributed by atoms with Gasteiger partial charge >= 0.3 is 0 Å². The predicted molar refractivity (Wildman–Crippen MR) is 111 cm³/mol. The number of pyridine rings is 1. The minimum Gasteiger partial charge on any atom is -0.504 e. The van der Waals surface area contributed by atoms with Crippen LogP contribution < -0.4 is 0 Å². The van der Waals surface area contributed by atoms with Crippen molar-refractivity contribution in [2.75, 3.05) is 13.2 Å². The van der Waals surface area contributed by atoms with Crippen LogP contribution in [0.4, 0.5) is 4.39 Å². The van der Waals surface area contributed by atoms with Gasteiger partial charge in [0.2, 0.25) is 0 Å². The average Bonchev–Trinajstić information content (AvgIpc) is 3.12. The van der Waals surface area contributed by atoms with Gasteiger partial charge in [0.15, 0.2) is 17.3 Å². The molecule has 2 aromatic carbocycles. The second-order valence-corrected chi connectivity index (χ2v) is 7.93. The van der Waals surface area contributed by atoms with Crippen LogP contribution in [0.1, 0.15) is 12.5 Å². The molecule has 0 atom stereocenters. The van der Waals surface area contributed by atoms with E-state index in [1.165, 1.54) is 6.07 Å². The Morgan fingerprint density at radius 3 is 2.57 bits per heavy atom. The molecule has 6 nitrogen and oxygen atoms in total. The van der Waals surface area contributed by atoms with E-state index < -0.39 is 22.9 Å². The molecular formula is C23H20FN3O3. The fraction of sp³-hybridized carbons (Fsp3) is 0.217. The summed E-state index contributed by atoms with van der Waals surface area (Å²) < 4.78 is 22.4. The standard InChI is InChI=1S/C23H20FN3O3/c1-13-9-15(19(24)21(29)20(13)28)22-26-17-7-6-14(16-5-3-4-8-25-16)10-18(17)27(22)23(2)11-30-12-23/h3-10,28-29H,11-12H2,1-2H3. The van der Waals surface area contributed by atoms with E-state index in [0.29, 0.717) is 30.1 Å². The van der Waals surface area contributed by atoms with Gasteiger partial charge in [-0.25, -0.2) is 9.37 Å². The molecule has 1 fully saturated rings. The zero-order chi connectivity index (χ0) is 21.0. The summed E-state index contributed by atoms with van der Waals surface area (Å²) >= 11 is 0. The van der Waals surface area contributed by atoms with Gasteiger partial charge in [-0.05, 0) is 49.7 Å². The summed E-state index contributed by atoms with van der Waals surface area (Å²) in [5.74, 6) is -1.75. The number of nitrogens with zero attached hydrogens (tertiary/aromatic N) is 3. The number of benzene rings is 2. The number of hydrogen-bond acceptors (Lipinski definition) is 5. The Bertz CT molecular complexity index is 1280. The third-order valence-corrected chi connectivity index (χ3v) is 5.62. The first-order valence-corrected chi connectivity index (χ1v) is 9.62. The molecule has 5 rings (SSSR count). The fourth-order valence-corrected chi connectivity index (χ4v) is 3.95. The molecule has 0 bridgehead atoms. The van der Waals surface area contributed by atoms with Crippen LogP contribution in [0, 0.1) is 12.7 Å². The Balaban J connectivity index is 1.80. The largest absolute Gasteiger partial charge is 0.504 e. The maximum absolute atomic E-state index is 15.0. The van der Waals surface area contributed by atoms with Crippen molar-refractivity contribution in [3.8, 4) is 34.1 Å². The smallest absolute Gasteiger partial charge is 0.195 e. The molecule has 0 radical (unpaired) electrons. The number of aryl methyl sites for hydroxylation is 1. The van der Waals surface area contributed by atoms with Crippen LogP contribution in [0.3, 0.4) is 0 Å². The minimum atomic E-state index is -0.900. The Morgan fingerprint density at radius 2 is 1.90 bits per heavy atom. The zero-order valence-corrected chi connectivity index (χ0v) is 16.6. The summed E-state index contributed by atoms with van der Waals surface area (Å²) in [6.45, 7) is 4.56. The molecule has 0 spiro atoms. The maximum Gasteiger partial charge on any atom is 0.195 e. The van der Waals surface area contributed by atoms with Crippen LogP contribution in [0.15, 0.2) is 48.7 Å². The summed E-state index contributed by atoms with van der Waals surface area (Å²) in [6.07, 6.45) is 1.74. The normalized spacial score (nSPS) is 15.3. The molecule has 3 heterocycles. The number of fused-ring (bicyclic) bond motifs is 1. The monoisotopic (exact) mass is 405 g/mol. The van der Waals surface area contributed by atoms with Gasteiger partial charge in [-0.3, -0.25) is 4.98 Å². The molecule has 0 aliphatic carbocycles. The Labute approximate surface area is 172 Å². The summed E-state index contributed by atoms with van der Waals surface area (Å²) in [6, 6.07) is 13.0. The molecule has 2 aromatic heterocycles. The van der Waals surface area contributed by atoms with Gasteiger partial charge in [-0.1, -0.05) is 12.1 Å². The molecule has 1 aliphatic rings. The minimum absolute atomic E-state index is 0.131. The molecule has 1 saturated heterocycles. The van der Waals surface area contributed by atoms with E-state index in [-0.39, 0.29) is 5.56 Å². The van der Waals surface area contributed by atoms with E-state index >= 15 is 0 Å². The van der Waals surface area contributed by atoms with Crippen LogP contribution in [0.2, 0.25) is 0 Å². The third-order valence-electron chi connectivity index (χ3n) is 5.62. The van der Waals surface area contributed by atoms with Crippen molar-refractivity contribution in [3.63, 3.8) is 0 Å². The fourth-order valence-electron chi connectivity index (χ4n) is 3.95. The van der Waals surface area contributed by atoms with Crippen LogP contribution in [-0.4, -0.2) is 38.0 Å². The molecule has 7 heteroatoms. The van der Waals surface area contributed by atoms with E-state index in [1.807, 2.05) is 47.9 Å². The van der Waals surface area contributed by atoms with Gasteiger partial charge in [-0.15, -0.1) is 0 Å². The Hall–Kier alpha value is -3.45. The van der Waals surface area contributed by atoms with Crippen molar-refractivity contribution < 1.29 is 19.3 Å². The summed E-state index contributed by atoms with van der Waals surface area (Å²) in [7, 11) is 0. The molecule has 0 saturated carbocycles. The second-order valence-electron chi connectivity index (χ2n) is 7.93. The summed E-state index contributed by atoms with van der Waals surface area (Å²) in [4.78, 5) is 9.11. The van der Waals surface area contributed by atoms with E-state index in [1.54, 1.807) is 13.1 Å². The lowest BCUT2D eigenvalue weighted by Gasteiger charge is -2.40. The number of ether oxygens (including phenoxy) is 1. The summed E-state index contributed by atoms with van der Waals surface area (Å²) in [5, 5.41) is 20.0. The number of rotatable bonds is 3. The van der Waals surface area contributed by atoms with Gasteiger partial charge in [0.25, 0.3) is 0 Å². The Kier molecular flexibility index (Phi) is 4.04. The third kappa shape index (κ3) is 2.66. The van der Waals surface area contributed by atoms with Crippen LogP contribution in [0.5, 0.6) is 11.5 Å². The predicted octanol–water partition coefficient (Wildman–Crippen LogP) is 4.37. The lowest BCUT2D eigenvalue weighted by molar-refractivity contribution is -0.0868. The SMILES string of the molecule is Cc1cc(-c2nc3ccc(-c4ccccn4)cc3n2C2(C)COC2)c(F)c(O)c1O. The highest BCUT2D eigenvalue weighted by atomic mass is 19.1. The molecule has 1 aliphatic heterocycles. The number of halogens is 1. The highest BCUT2D eigenvalue weighted by molar-refractivity contribution is 5.86. The van der Waals surface area contributed by atoms with Crippen LogP contribution >= 0.6 is 0 Å². The zero-order valence-electron chi connectivity index (χ0n) is 16.6. The number of phenols is 2. The molecule has 152 valence electrons. The van der Waals surface area contributed by atoms with Crippen molar-refractivity contribution >= 4 is 11.0 Å².